The Morgan fingerprint density at radius 1 is 0.969 bits per heavy atom. The number of benzene rings is 1. The molecule has 32 heavy (non-hydrogen) atoms. The summed E-state index contributed by atoms with van der Waals surface area (Å²) in [6, 6.07) is 20.7. The van der Waals surface area contributed by atoms with Gasteiger partial charge in [0.2, 0.25) is 0 Å². The Hall–Kier alpha value is -3.67. The number of hydrogen-bond donors (Lipinski definition) is 0. The average molecular weight is 426 g/mol. The second-order valence-corrected chi connectivity index (χ2v) is 8.63. The molecule has 4 aromatic rings. The molecule has 162 valence electrons. The third-order valence-electron chi connectivity index (χ3n) is 6.52. The van der Waals surface area contributed by atoms with E-state index in [-0.39, 0.29) is 11.3 Å². The summed E-state index contributed by atoms with van der Waals surface area (Å²) in [6.07, 6.45) is 7.80. The normalized spacial score (nSPS) is 15.6. The number of aromatic nitrogens is 3. The summed E-state index contributed by atoms with van der Waals surface area (Å²) in [6.45, 7) is 1.74. The van der Waals surface area contributed by atoms with Crippen molar-refractivity contribution in [1.29, 1.82) is 0 Å². The molecule has 6 heteroatoms. The number of nitrogens with zero attached hydrogens (tertiary/aromatic N) is 5. The third-order valence-corrected chi connectivity index (χ3v) is 6.52. The van der Waals surface area contributed by atoms with Gasteiger partial charge in [0.05, 0.1) is 11.3 Å². The van der Waals surface area contributed by atoms with Crippen LogP contribution in [0.1, 0.15) is 34.5 Å². The van der Waals surface area contributed by atoms with E-state index in [1.54, 1.807) is 25.2 Å². The number of piperidine rings is 1. The summed E-state index contributed by atoms with van der Waals surface area (Å²) in [7, 11) is 3.51. The fourth-order valence-electron chi connectivity index (χ4n) is 4.69. The summed E-state index contributed by atoms with van der Waals surface area (Å²) >= 11 is 0. The van der Waals surface area contributed by atoms with Gasteiger partial charge in [-0.25, -0.2) is 9.97 Å². The number of anilines is 1. The maximum atomic E-state index is 12.2. The summed E-state index contributed by atoms with van der Waals surface area (Å²) in [5, 5.41) is 0. The molecule has 6 nitrogen and oxygen atoms in total. The molecule has 0 N–H and O–H groups in total. The maximum absolute atomic E-state index is 12.2. The monoisotopic (exact) mass is 425 g/mol. The van der Waals surface area contributed by atoms with Gasteiger partial charge in [-0.3, -0.25) is 4.79 Å². The molecule has 0 aliphatic carbocycles. The summed E-state index contributed by atoms with van der Waals surface area (Å²) in [4.78, 5) is 25.7. The molecule has 1 amide bonds. The lowest BCUT2D eigenvalue weighted by Gasteiger charge is -2.42. The predicted molar refractivity (Wildman–Crippen MR) is 126 cm³/mol. The van der Waals surface area contributed by atoms with Crippen molar-refractivity contribution in [1.82, 2.24) is 19.3 Å². The fraction of sp³-hybridized carbons (Fsp3) is 0.269. The Balaban J connectivity index is 1.44. The SMILES string of the molecule is CN(C)C(=O)c1ccc(N2CCC(c3ccccc3)(c3cn4ccccc4n3)CC2)nc1. The maximum Gasteiger partial charge on any atom is 0.254 e. The number of hydrogen-bond acceptors (Lipinski definition) is 4. The molecule has 1 aromatic carbocycles. The van der Waals surface area contributed by atoms with Gasteiger partial charge >= 0.3 is 0 Å². The number of pyridine rings is 2. The van der Waals surface area contributed by atoms with Crippen molar-refractivity contribution >= 4 is 17.4 Å². The van der Waals surface area contributed by atoms with Gasteiger partial charge in [0, 0.05) is 51.2 Å². The highest BCUT2D eigenvalue weighted by Crippen LogP contribution is 2.42. The molecule has 4 heterocycles. The van der Waals surface area contributed by atoms with Gasteiger partial charge in [-0.05, 0) is 42.7 Å². The van der Waals surface area contributed by atoms with Crippen LogP contribution in [-0.4, -0.2) is 52.4 Å². The minimum absolute atomic E-state index is 0.0300. The third kappa shape index (κ3) is 3.51. The average Bonchev–Trinajstić information content (AvgIpc) is 3.29. The molecular formula is C26H27N5O. The number of fused-ring (bicyclic) bond motifs is 1. The van der Waals surface area contributed by atoms with E-state index in [0.717, 1.165) is 43.1 Å². The van der Waals surface area contributed by atoms with Crippen LogP contribution in [0.3, 0.4) is 0 Å². The highest BCUT2D eigenvalue weighted by molar-refractivity contribution is 5.93. The zero-order valence-electron chi connectivity index (χ0n) is 18.5. The highest BCUT2D eigenvalue weighted by atomic mass is 16.2. The van der Waals surface area contributed by atoms with Crippen molar-refractivity contribution in [3.05, 3.63) is 96.1 Å². The van der Waals surface area contributed by atoms with Crippen molar-refractivity contribution in [2.75, 3.05) is 32.1 Å². The van der Waals surface area contributed by atoms with Crippen LogP contribution in [0, 0.1) is 0 Å². The highest BCUT2D eigenvalue weighted by Gasteiger charge is 2.40. The molecule has 1 fully saturated rings. The number of imidazole rings is 1. The molecule has 5 rings (SSSR count). The first kappa shape index (κ1) is 20.2. The van der Waals surface area contributed by atoms with Crippen LogP contribution in [0.25, 0.3) is 5.65 Å². The molecular weight excluding hydrogens is 398 g/mol. The Kier molecular flexibility index (Phi) is 5.13. The summed E-state index contributed by atoms with van der Waals surface area (Å²) < 4.78 is 2.11. The summed E-state index contributed by atoms with van der Waals surface area (Å²) in [5.41, 5.74) is 3.88. The molecule has 3 aromatic heterocycles. The number of carbonyl (C=O) groups excluding carboxylic acids is 1. The van der Waals surface area contributed by atoms with Gasteiger partial charge < -0.3 is 14.2 Å². The van der Waals surface area contributed by atoms with E-state index in [1.807, 2.05) is 24.3 Å². The quantitative estimate of drug-likeness (QED) is 0.496. The van der Waals surface area contributed by atoms with Gasteiger partial charge in [-0.1, -0.05) is 36.4 Å². The topological polar surface area (TPSA) is 53.7 Å². The lowest BCUT2D eigenvalue weighted by atomic mass is 9.70. The molecule has 1 aliphatic rings. The van der Waals surface area contributed by atoms with Gasteiger partial charge in [-0.15, -0.1) is 0 Å². The lowest BCUT2D eigenvalue weighted by Crippen LogP contribution is -2.44. The van der Waals surface area contributed by atoms with Crippen molar-refractivity contribution in [3.8, 4) is 0 Å². The van der Waals surface area contributed by atoms with E-state index in [1.165, 1.54) is 5.56 Å². The van der Waals surface area contributed by atoms with Gasteiger partial charge in [0.25, 0.3) is 5.91 Å². The van der Waals surface area contributed by atoms with Gasteiger partial charge in [-0.2, -0.15) is 0 Å². The van der Waals surface area contributed by atoms with Gasteiger partial charge in [0.15, 0.2) is 0 Å². The Morgan fingerprint density at radius 3 is 2.38 bits per heavy atom. The van der Waals surface area contributed by atoms with E-state index in [9.17, 15) is 4.79 Å². The first-order valence-electron chi connectivity index (χ1n) is 11.0. The molecule has 0 atom stereocenters. The van der Waals surface area contributed by atoms with Crippen molar-refractivity contribution in [2.24, 2.45) is 0 Å². The van der Waals surface area contributed by atoms with E-state index in [2.05, 4.69) is 63.1 Å². The Morgan fingerprint density at radius 2 is 1.72 bits per heavy atom. The largest absolute Gasteiger partial charge is 0.357 e. The second kappa shape index (κ2) is 8.11. The molecule has 0 spiro atoms. The predicted octanol–water partition coefficient (Wildman–Crippen LogP) is 4.02. The van der Waals surface area contributed by atoms with E-state index in [4.69, 9.17) is 4.98 Å². The molecule has 0 unspecified atom stereocenters. The van der Waals surface area contributed by atoms with Gasteiger partial charge in [0.1, 0.15) is 11.5 Å². The van der Waals surface area contributed by atoms with Crippen LogP contribution in [0.2, 0.25) is 0 Å². The second-order valence-electron chi connectivity index (χ2n) is 8.63. The Bertz CT molecular complexity index is 1190. The van der Waals surface area contributed by atoms with E-state index in [0.29, 0.717) is 5.56 Å². The smallest absolute Gasteiger partial charge is 0.254 e. The Labute approximate surface area is 188 Å². The first-order valence-corrected chi connectivity index (χ1v) is 11.0. The molecule has 0 bridgehead atoms. The minimum Gasteiger partial charge on any atom is -0.357 e. The van der Waals surface area contributed by atoms with Crippen molar-refractivity contribution < 1.29 is 4.79 Å². The minimum atomic E-state index is -0.134. The van der Waals surface area contributed by atoms with Crippen LogP contribution < -0.4 is 4.90 Å². The summed E-state index contributed by atoms with van der Waals surface area (Å²) in [5.74, 6) is 0.884. The fourth-order valence-corrected chi connectivity index (χ4v) is 4.69. The number of amides is 1. The lowest BCUT2D eigenvalue weighted by molar-refractivity contribution is 0.0827. The molecule has 0 saturated carbocycles. The van der Waals surface area contributed by atoms with Crippen LogP contribution in [0.5, 0.6) is 0 Å². The molecule has 1 saturated heterocycles. The number of carbonyl (C=O) groups is 1. The van der Waals surface area contributed by atoms with Crippen LogP contribution in [-0.2, 0) is 5.41 Å². The first-order chi connectivity index (χ1) is 15.6. The van der Waals surface area contributed by atoms with E-state index < -0.39 is 0 Å². The van der Waals surface area contributed by atoms with Crippen LogP contribution >= 0.6 is 0 Å². The number of rotatable bonds is 4. The van der Waals surface area contributed by atoms with E-state index >= 15 is 0 Å². The van der Waals surface area contributed by atoms with Crippen LogP contribution in [0.4, 0.5) is 5.82 Å². The zero-order valence-corrected chi connectivity index (χ0v) is 18.5. The van der Waals surface area contributed by atoms with Crippen molar-refractivity contribution in [3.63, 3.8) is 0 Å². The molecule has 0 radical (unpaired) electrons. The van der Waals surface area contributed by atoms with Crippen molar-refractivity contribution in [2.45, 2.75) is 18.3 Å². The van der Waals surface area contributed by atoms with Crippen LogP contribution in [0.15, 0.2) is 79.3 Å². The zero-order chi connectivity index (χ0) is 22.1. The molecule has 1 aliphatic heterocycles. The standard InChI is InChI=1S/C26H27N5O/c1-29(2)25(32)20-11-12-23(27-18-20)30-16-13-26(14-17-30,21-8-4-3-5-9-21)22-19-31-15-7-6-10-24(31)28-22/h3-12,15,18-19H,13-14,16-17H2,1-2H3.